The maximum absolute atomic E-state index is 11.5. The molecule has 18 heavy (non-hydrogen) atoms. The molecule has 2 rings (SSSR count). The Bertz CT molecular complexity index is 563. The largest absolute Gasteiger partial charge is 0.485 e. The van der Waals surface area contributed by atoms with Gasteiger partial charge >= 0.3 is 0 Å². The number of halogens is 1. The molecule has 0 bridgehead atoms. The molecule has 0 spiro atoms. The molecule has 0 radical (unpaired) electrons. The molecule has 0 saturated carbocycles. The summed E-state index contributed by atoms with van der Waals surface area (Å²) in [6.07, 6.45) is 1.44. The first kappa shape index (κ1) is 13.1. The third-order valence-corrected chi connectivity index (χ3v) is 3.56. The van der Waals surface area contributed by atoms with Crippen molar-refractivity contribution < 1.29 is 9.53 Å². The lowest BCUT2D eigenvalue weighted by atomic mass is 10.1. The number of rotatable bonds is 5. The first-order valence-electron chi connectivity index (χ1n) is 6.04. The van der Waals surface area contributed by atoms with Crippen LogP contribution in [-0.4, -0.2) is 12.4 Å². The summed E-state index contributed by atoms with van der Waals surface area (Å²) in [5.74, 6) is 0.857. The highest BCUT2D eigenvalue weighted by Gasteiger charge is 2.07. The predicted octanol–water partition coefficient (Wildman–Crippen LogP) is 4.35. The van der Waals surface area contributed by atoms with Crippen molar-refractivity contribution >= 4 is 32.5 Å². The maximum atomic E-state index is 11.5. The molecule has 0 saturated heterocycles. The standard InChI is InChI=1S/C15H15BrO2/c1-2-5-12(17)10-18-14-9-8-11-6-3-4-7-13(11)15(14)16/h3-4,6-9H,2,5,10H2,1H3. The number of Topliss-reactive ketones (excluding diaryl/α,β-unsaturated/α-hetero) is 1. The molecule has 0 aliphatic rings. The Morgan fingerprint density at radius 1 is 1.22 bits per heavy atom. The lowest BCUT2D eigenvalue weighted by molar-refractivity contribution is -0.121. The average Bonchev–Trinajstić information content (AvgIpc) is 2.39. The summed E-state index contributed by atoms with van der Waals surface area (Å²) in [6.45, 7) is 2.13. The molecule has 0 aliphatic carbocycles. The zero-order valence-corrected chi connectivity index (χ0v) is 11.9. The molecule has 0 amide bonds. The maximum Gasteiger partial charge on any atom is 0.170 e. The summed E-state index contributed by atoms with van der Waals surface area (Å²) in [5, 5.41) is 2.24. The summed E-state index contributed by atoms with van der Waals surface area (Å²) in [6, 6.07) is 12.0. The van der Waals surface area contributed by atoms with Crippen molar-refractivity contribution in [2.75, 3.05) is 6.61 Å². The van der Waals surface area contributed by atoms with Gasteiger partial charge in [0, 0.05) is 6.42 Å². The van der Waals surface area contributed by atoms with Crippen LogP contribution in [0.2, 0.25) is 0 Å². The molecular weight excluding hydrogens is 292 g/mol. The molecule has 0 aromatic heterocycles. The lowest BCUT2D eigenvalue weighted by Gasteiger charge is -2.09. The monoisotopic (exact) mass is 306 g/mol. The third kappa shape index (κ3) is 2.91. The molecular formula is C15H15BrO2. The van der Waals surface area contributed by atoms with Crippen molar-refractivity contribution in [1.82, 2.24) is 0 Å². The fourth-order valence-electron chi connectivity index (χ4n) is 1.83. The van der Waals surface area contributed by atoms with E-state index in [1.165, 1.54) is 0 Å². The second kappa shape index (κ2) is 6.01. The van der Waals surface area contributed by atoms with E-state index in [9.17, 15) is 4.79 Å². The Morgan fingerprint density at radius 3 is 2.78 bits per heavy atom. The summed E-state index contributed by atoms with van der Waals surface area (Å²) in [5.41, 5.74) is 0. The van der Waals surface area contributed by atoms with Gasteiger partial charge in [-0.05, 0) is 39.2 Å². The van der Waals surface area contributed by atoms with Crippen LogP contribution < -0.4 is 4.74 Å². The molecule has 0 atom stereocenters. The Morgan fingerprint density at radius 2 is 2.00 bits per heavy atom. The highest BCUT2D eigenvalue weighted by molar-refractivity contribution is 9.10. The van der Waals surface area contributed by atoms with E-state index in [1.807, 2.05) is 43.3 Å². The number of ketones is 1. The summed E-state index contributed by atoms with van der Waals surface area (Å²) in [7, 11) is 0. The number of hydrogen-bond donors (Lipinski definition) is 0. The summed E-state index contributed by atoms with van der Waals surface area (Å²) in [4.78, 5) is 11.5. The smallest absolute Gasteiger partial charge is 0.170 e. The predicted molar refractivity (Wildman–Crippen MR) is 77.1 cm³/mol. The lowest BCUT2D eigenvalue weighted by Crippen LogP contribution is -2.10. The molecule has 2 aromatic carbocycles. The van der Waals surface area contributed by atoms with Crippen LogP contribution in [0.3, 0.4) is 0 Å². The third-order valence-electron chi connectivity index (χ3n) is 2.75. The van der Waals surface area contributed by atoms with Gasteiger partial charge in [0.15, 0.2) is 5.78 Å². The number of fused-ring (bicyclic) bond motifs is 1. The molecule has 2 aromatic rings. The van der Waals surface area contributed by atoms with Crippen LogP contribution in [-0.2, 0) is 4.79 Å². The normalized spacial score (nSPS) is 10.6. The molecule has 94 valence electrons. The second-order valence-electron chi connectivity index (χ2n) is 4.18. The first-order chi connectivity index (χ1) is 8.72. The topological polar surface area (TPSA) is 26.3 Å². The molecule has 2 nitrogen and oxygen atoms in total. The summed E-state index contributed by atoms with van der Waals surface area (Å²) < 4.78 is 6.47. The van der Waals surface area contributed by atoms with E-state index in [4.69, 9.17) is 4.74 Å². The van der Waals surface area contributed by atoms with Crippen LogP contribution in [0.15, 0.2) is 40.9 Å². The van der Waals surface area contributed by atoms with Crippen molar-refractivity contribution in [3.05, 3.63) is 40.9 Å². The van der Waals surface area contributed by atoms with Gasteiger partial charge in [0.1, 0.15) is 12.4 Å². The molecule has 0 heterocycles. The van der Waals surface area contributed by atoms with E-state index in [0.717, 1.165) is 27.4 Å². The molecule has 0 aliphatic heterocycles. The minimum atomic E-state index is 0.137. The Hall–Kier alpha value is -1.35. The Balaban J connectivity index is 2.19. The molecule has 0 fully saturated rings. The van der Waals surface area contributed by atoms with E-state index in [-0.39, 0.29) is 12.4 Å². The van der Waals surface area contributed by atoms with Crippen molar-refractivity contribution in [2.45, 2.75) is 19.8 Å². The van der Waals surface area contributed by atoms with Gasteiger partial charge < -0.3 is 4.74 Å². The Kier molecular flexibility index (Phi) is 4.37. The quantitative estimate of drug-likeness (QED) is 0.821. The molecule has 0 N–H and O–H groups in total. The second-order valence-corrected chi connectivity index (χ2v) is 4.97. The SMILES string of the molecule is CCCC(=O)COc1ccc2ccccc2c1Br. The summed E-state index contributed by atoms with van der Waals surface area (Å²) >= 11 is 3.53. The van der Waals surface area contributed by atoms with E-state index < -0.39 is 0 Å². The van der Waals surface area contributed by atoms with E-state index in [0.29, 0.717) is 6.42 Å². The van der Waals surface area contributed by atoms with E-state index >= 15 is 0 Å². The minimum absolute atomic E-state index is 0.137. The van der Waals surface area contributed by atoms with Crippen molar-refractivity contribution in [3.8, 4) is 5.75 Å². The molecule has 3 heteroatoms. The van der Waals surface area contributed by atoms with Gasteiger partial charge in [0.25, 0.3) is 0 Å². The van der Waals surface area contributed by atoms with E-state index in [1.54, 1.807) is 0 Å². The van der Waals surface area contributed by atoms with Gasteiger partial charge in [0.2, 0.25) is 0 Å². The van der Waals surface area contributed by atoms with Crippen LogP contribution in [0.5, 0.6) is 5.75 Å². The first-order valence-corrected chi connectivity index (χ1v) is 6.83. The van der Waals surface area contributed by atoms with Gasteiger partial charge in [-0.1, -0.05) is 37.3 Å². The van der Waals surface area contributed by atoms with Gasteiger partial charge in [-0.3, -0.25) is 4.79 Å². The fraction of sp³-hybridized carbons (Fsp3) is 0.267. The zero-order valence-electron chi connectivity index (χ0n) is 10.3. The van der Waals surface area contributed by atoms with Gasteiger partial charge in [-0.15, -0.1) is 0 Å². The van der Waals surface area contributed by atoms with Crippen LogP contribution in [0.1, 0.15) is 19.8 Å². The van der Waals surface area contributed by atoms with Crippen molar-refractivity contribution in [1.29, 1.82) is 0 Å². The number of benzene rings is 2. The van der Waals surface area contributed by atoms with Crippen LogP contribution in [0.4, 0.5) is 0 Å². The van der Waals surface area contributed by atoms with Crippen LogP contribution in [0, 0.1) is 0 Å². The van der Waals surface area contributed by atoms with Gasteiger partial charge in [-0.2, -0.15) is 0 Å². The van der Waals surface area contributed by atoms with Crippen molar-refractivity contribution in [2.24, 2.45) is 0 Å². The van der Waals surface area contributed by atoms with Crippen LogP contribution in [0.25, 0.3) is 10.8 Å². The number of hydrogen-bond acceptors (Lipinski definition) is 2. The Labute approximate surface area is 115 Å². The number of carbonyl (C=O) groups is 1. The number of carbonyl (C=O) groups excluding carboxylic acids is 1. The van der Waals surface area contributed by atoms with Gasteiger partial charge in [-0.25, -0.2) is 0 Å². The minimum Gasteiger partial charge on any atom is -0.485 e. The number of ether oxygens (including phenoxy) is 1. The van der Waals surface area contributed by atoms with Crippen molar-refractivity contribution in [3.63, 3.8) is 0 Å². The van der Waals surface area contributed by atoms with Crippen LogP contribution >= 0.6 is 15.9 Å². The zero-order chi connectivity index (χ0) is 13.0. The molecule has 0 unspecified atom stereocenters. The van der Waals surface area contributed by atoms with Gasteiger partial charge in [0.05, 0.1) is 4.47 Å². The fourth-order valence-corrected chi connectivity index (χ4v) is 2.44. The highest BCUT2D eigenvalue weighted by atomic mass is 79.9. The highest BCUT2D eigenvalue weighted by Crippen LogP contribution is 2.32. The average molecular weight is 307 g/mol. The van der Waals surface area contributed by atoms with E-state index in [2.05, 4.69) is 15.9 Å².